The van der Waals surface area contributed by atoms with Crippen LogP contribution in [0.15, 0.2) is 41.1 Å². The van der Waals surface area contributed by atoms with Gasteiger partial charge in [-0.1, -0.05) is 23.7 Å². The summed E-state index contributed by atoms with van der Waals surface area (Å²) < 4.78 is 0. The zero-order valence-corrected chi connectivity index (χ0v) is 12.8. The summed E-state index contributed by atoms with van der Waals surface area (Å²) in [7, 11) is 2.12. The molecule has 1 aromatic heterocycles. The first-order valence-electron chi connectivity index (χ1n) is 6.33. The van der Waals surface area contributed by atoms with Gasteiger partial charge in [-0.15, -0.1) is 0 Å². The van der Waals surface area contributed by atoms with Gasteiger partial charge >= 0.3 is 0 Å². The number of nitrogens with two attached hydrogens (primary N) is 1. The molecule has 2 aromatic rings. The summed E-state index contributed by atoms with van der Waals surface area (Å²) in [5, 5.41) is 5.04. The number of hydrogen-bond acceptors (Lipinski definition) is 3. The van der Waals surface area contributed by atoms with Gasteiger partial charge < -0.3 is 5.73 Å². The predicted octanol–water partition coefficient (Wildman–Crippen LogP) is 4.09. The van der Waals surface area contributed by atoms with Gasteiger partial charge in [0, 0.05) is 23.7 Å². The third-order valence-electron chi connectivity index (χ3n) is 3.61. The lowest BCUT2D eigenvalue weighted by Crippen LogP contribution is -2.32. The Hall–Kier alpha value is -0.870. The van der Waals surface area contributed by atoms with Crippen molar-refractivity contribution in [2.45, 2.75) is 19.0 Å². The number of likely N-dealkylation sites (N-methyl/N-ethyl adjacent to an activating group) is 1. The average molecular weight is 295 g/mol. The number of hydrogen-bond donors (Lipinski definition) is 1. The van der Waals surface area contributed by atoms with Crippen LogP contribution in [0.25, 0.3) is 0 Å². The zero-order valence-electron chi connectivity index (χ0n) is 11.2. The van der Waals surface area contributed by atoms with Gasteiger partial charge in [-0.3, -0.25) is 4.90 Å². The minimum atomic E-state index is 0.247. The van der Waals surface area contributed by atoms with Gasteiger partial charge in [0.1, 0.15) is 0 Å². The molecule has 0 aliphatic carbocycles. The molecule has 0 saturated carbocycles. The molecule has 2 atom stereocenters. The minimum absolute atomic E-state index is 0.247. The zero-order chi connectivity index (χ0) is 13.8. The van der Waals surface area contributed by atoms with Gasteiger partial charge in [0.05, 0.1) is 0 Å². The second kappa shape index (κ2) is 6.53. The second-order valence-electron chi connectivity index (χ2n) is 4.70. The Bertz CT molecular complexity index is 495. The Labute approximate surface area is 123 Å². The van der Waals surface area contributed by atoms with E-state index in [0.29, 0.717) is 12.6 Å². The van der Waals surface area contributed by atoms with Crippen molar-refractivity contribution < 1.29 is 0 Å². The van der Waals surface area contributed by atoms with E-state index in [1.165, 1.54) is 11.1 Å². The van der Waals surface area contributed by atoms with E-state index < -0.39 is 0 Å². The van der Waals surface area contributed by atoms with Crippen LogP contribution in [0.2, 0.25) is 5.02 Å². The van der Waals surface area contributed by atoms with Crippen LogP contribution in [-0.4, -0.2) is 18.5 Å². The lowest BCUT2D eigenvalue weighted by Gasteiger charge is -2.32. The normalized spacial score (nSPS) is 14.6. The highest BCUT2D eigenvalue weighted by molar-refractivity contribution is 7.07. The Morgan fingerprint density at radius 3 is 2.42 bits per heavy atom. The van der Waals surface area contributed by atoms with Crippen LogP contribution in [0, 0.1) is 0 Å². The van der Waals surface area contributed by atoms with Crippen molar-refractivity contribution in [2.24, 2.45) is 5.73 Å². The highest BCUT2D eigenvalue weighted by Crippen LogP contribution is 2.29. The fourth-order valence-electron chi connectivity index (χ4n) is 2.25. The molecule has 0 fully saturated rings. The Morgan fingerprint density at radius 1 is 1.21 bits per heavy atom. The van der Waals surface area contributed by atoms with E-state index in [1.807, 2.05) is 12.1 Å². The lowest BCUT2D eigenvalue weighted by atomic mass is 10.0. The molecule has 1 heterocycles. The summed E-state index contributed by atoms with van der Waals surface area (Å²) >= 11 is 7.65. The van der Waals surface area contributed by atoms with Crippen molar-refractivity contribution in [3.63, 3.8) is 0 Å². The van der Waals surface area contributed by atoms with Crippen molar-refractivity contribution >= 4 is 22.9 Å². The SMILES string of the molecule is CC(c1ccc(Cl)cc1)N(C)C(CN)c1ccsc1. The molecule has 0 bridgehead atoms. The smallest absolute Gasteiger partial charge is 0.0481 e. The number of rotatable bonds is 5. The molecule has 1 aromatic carbocycles. The first-order chi connectivity index (χ1) is 9.13. The molecule has 2 nitrogen and oxygen atoms in total. The Kier molecular flexibility index (Phi) is 4.99. The van der Waals surface area contributed by atoms with Gasteiger partial charge in [0.2, 0.25) is 0 Å². The molecular formula is C15H19ClN2S. The summed E-state index contributed by atoms with van der Waals surface area (Å²) in [4.78, 5) is 2.31. The van der Waals surface area contributed by atoms with Gasteiger partial charge in [-0.25, -0.2) is 0 Å². The maximum Gasteiger partial charge on any atom is 0.0481 e. The third kappa shape index (κ3) is 3.37. The van der Waals surface area contributed by atoms with Crippen LogP contribution in [0.4, 0.5) is 0 Å². The first kappa shape index (κ1) is 14.5. The highest BCUT2D eigenvalue weighted by atomic mass is 35.5. The van der Waals surface area contributed by atoms with Crippen LogP contribution in [-0.2, 0) is 0 Å². The van der Waals surface area contributed by atoms with Gasteiger partial charge in [0.25, 0.3) is 0 Å². The van der Waals surface area contributed by atoms with E-state index in [4.69, 9.17) is 17.3 Å². The van der Waals surface area contributed by atoms with E-state index in [9.17, 15) is 0 Å². The van der Waals surface area contributed by atoms with Crippen molar-refractivity contribution in [3.05, 3.63) is 57.2 Å². The first-order valence-corrected chi connectivity index (χ1v) is 7.65. The fraction of sp³-hybridized carbons (Fsp3) is 0.333. The van der Waals surface area contributed by atoms with Gasteiger partial charge in [0.15, 0.2) is 0 Å². The molecular weight excluding hydrogens is 276 g/mol. The van der Waals surface area contributed by atoms with Crippen LogP contribution in [0.3, 0.4) is 0 Å². The van der Waals surface area contributed by atoms with Crippen molar-refractivity contribution in [1.29, 1.82) is 0 Å². The van der Waals surface area contributed by atoms with Gasteiger partial charge in [-0.05, 0) is 54.1 Å². The van der Waals surface area contributed by atoms with E-state index in [0.717, 1.165) is 5.02 Å². The van der Waals surface area contributed by atoms with E-state index in [2.05, 4.69) is 47.8 Å². The molecule has 102 valence electrons. The average Bonchev–Trinajstić information content (AvgIpc) is 2.93. The van der Waals surface area contributed by atoms with Crippen LogP contribution in [0.5, 0.6) is 0 Å². The lowest BCUT2D eigenvalue weighted by molar-refractivity contribution is 0.190. The van der Waals surface area contributed by atoms with Gasteiger partial charge in [-0.2, -0.15) is 11.3 Å². The number of thiophene rings is 1. The van der Waals surface area contributed by atoms with Crippen molar-refractivity contribution in [3.8, 4) is 0 Å². The molecule has 19 heavy (non-hydrogen) atoms. The number of halogens is 1. The maximum absolute atomic E-state index is 5.95. The summed E-state index contributed by atoms with van der Waals surface area (Å²) in [6, 6.07) is 10.7. The fourth-order valence-corrected chi connectivity index (χ4v) is 3.08. The van der Waals surface area contributed by atoms with Crippen LogP contribution in [0.1, 0.15) is 30.1 Å². The minimum Gasteiger partial charge on any atom is -0.329 e. The molecule has 0 radical (unpaired) electrons. The van der Waals surface area contributed by atoms with E-state index in [-0.39, 0.29) is 6.04 Å². The molecule has 4 heteroatoms. The topological polar surface area (TPSA) is 29.3 Å². The number of benzene rings is 1. The monoisotopic (exact) mass is 294 g/mol. The summed E-state index contributed by atoms with van der Waals surface area (Å²) in [6.45, 7) is 2.81. The Morgan fingerprint density at radius 2 is 1.89 bits per heavy atom. The summed E-state index contributed by atoms with van der Waals surface area (Å²) in [5.41, 5.74) is 8.49. The van der Waals surface area contributed by atoms with E-state index >= 15 is 0 Å². The largest absolute Gasteiger partial charge is 0.329 e. The molecule has 2 N–H and O–H groups in total. The molecule has 0 aliphatic heterocycles. The number of nitrogens with zero attached hydrogens (tertiary/aromatic N) is 1. The van der Waals surface area contributed by atoms with Crippen molar-refractivity contribution in [1.82, 2.24) is 4.90 Å². The molecule has 0 aliphatic rings. The van der Waals surface area contributed by atoms with Crippen LogP contribution < -0.4 is 5.73 Å². The predicted molar refractivity (Wildman–Crippen MR) is 83.7 cm³/mol. The van der Waals surface area contributed by atoms with E-state index in [1.54, 1.807) is 11.3 Å². The standard InChI is InChI=1S/C15H19ClN2S/c1-11(12-3-5-14(16)6-4-12)18(2)15(9-17)13-7-8-19-10-13/h3-8,10-11,15H,9,17H2,1-2H3. The van der Waals surface area contributed by atoms with Crippen molar-refractivity contribution in [2.75, 3.05) is 13.6 Å². The maximum atomic E-state index is 5.95. The third-order valence-corrected chi connectivity index (χ3v) is 4.56. The quantitative estimate of drug-likeness (QED) is 0.900. The summed E-state index contributed by atoms with van der Waals surface area (Å²) in [6.07, 6.45) is 0. The second-order valence-corrected chi connectivity index (χ2v) is 5.92. The molecule has 2 unspecified atom stereocenters. The molecule has 0 amide bonds. The van der Waals surface area contributed by atoms with Crippen LogP contribution >= 0.6 is 22.9 Å². The highest BCUT2D eigenvalue weighted by Gasteiger charge is 2.21. The Balaban J connectivity index is 2.17. The molecule has 0 spiro atoms. The molecule has 0 saturated heterocycles. The summed E-state index contributed by atoms with van der Waals surface area (Å²) in [5.74, 6) is 0. The molecule has 2 rings (SSSR count).